The first-order valence-corrected chi connectivity index (χ1v) is 11.5. The number of nitrogens with zero attached hydrogens (tertiary/aromatic N) is 1. The van der Waals surface area contributed by atoms with Crippen molar-refractivity contribution >= 4 is 29.1 Å². The van der Waals surface area contributed by atoms with E-state index >= 15 is 0 Å². The van der Waals surface area contributed by atoms with Gasteiger partial charge in [-0.2, -0.15) is 0 Å². The molecule has 4 rings (SSSR count). The van der Waals surface area contributed by atoms with Crippen LogP contribution in [0.5, 0.6) is 0 Å². The van der Waals surface area contributed by atoms with E-state index in [4.69, 9.17) is 9.47 Å². The summed E-state index contributed by atoms with van der Waals surface area (Å²) in [5, 5.41) is 11.7. The van der Waals surface area contributed by atoms with Crippen molar-refractivity contribution in [3.63, 3.8) is 0 Å². The molecule has 10 heteroatoms. The summed E-state index contributed by atoms with van der Waals surface area (Å²) < 4.78 is 9.89. The molecule has 0 aliphatic carbocycles. The highest BCUT2D eigenvalue weighted by molar-refractivity contribution is 6.01. The lowest BCUT2D eigenvalue weighted by Gasteiger charge is -2.38. The number of carbonyl (C=O) groups excluding carboxylic acids is 3. The molecule has 0 bridgehead atoms. The lowest BCUT2D eigenvalue weighted by Crippen LogP contribution is -2.56. The average molecular weight is 462 g/mol. The Morgan fingerprint density at radius 1 is 1.06 bits per heavy atom. The molecule has 3 amide bonds. The van der Waals surface area contributed by atoms with Crippen LogP contribution in [0, 0.1) is 0 Å². The van der Waals surface area contributed by atoms with Gasteiger partial charge in [-0.05, 0) is 38.5 Å². The van der Waals surface area contributed by atoms with Gasteiger partial charge in [0.2, 0.25) is 17.7 Å². The second-order valence-corrected chi connectivity index (χ2v) is 8.53. The topological polar surface area (TPSA) is 121 Å². The van der Waals surface area contributed by atoms with Crippen molar-refractivity contribution in [3.05, 3.63) is 24.3 Å². The Balaban J connectivity index is 0.000000442. The Morgan fingerprint density at radius 3 is 2.30 bits per heavy atom. The Hall–Kier alpha value is -2.53. The molecule has 3 saturated heterocycles. The van der Waals surface area contributed by atoms with Gasteiger partial charge in [-0.15, -0.1) is 0 Å². The highest BCUT2D eigenvalue weighted by atomic mass is 16.6. The van der Waals surface area contributed by atoms with Crippen molar-refractivity contribution in [1.82, 2.24) is 15.5 Å². The summed E-state index contributed by atoms with van der Waals surface area (Å²) in [6.45, 7) is 9.43. The van der Waals surface area contributed by atoms with E-state index < -0.39 is 6.04 Å². The lowest BCUT2D eigenvalue weighted by atomic mass is 10.1. The molecule has 3 heterocycles. The van der Waals surface area contributed by atoms with Crippen molar-refractivity contribution < 1.29 is 23.9 Å². The highest BCUT2D eigenvalue weighted by Crippen LogP contribution is 2.19. The van der Waals surface area contributed by atoms with Gasteiger partial charge in [0, 0.05) is 43.0 Å². The van der Waals surface area contributed by atoms with Crippen molar-refractivity contribution in [2.45, 2.75) is 44.8 Å². The fraction of sp³-hybridized carbons (Fsp3) is 0.609. The lowest BCUT2D eigenvalue weighted by molar-refractivity contribution is -0.133. The Morgan fingerprint density at radius 2 is 1.70 bits per heavy atom. The number of anilines is 2. The predicted molar refractivity (Wildman–Crippen MR) is 125 cm³/mol. The van der Waals surface area contributed by atoms with E-state index in [0.717, 1.165) is 45.2 Å². The number of benzene rings is 1. The zero-order valence-electron chi connectivity index (χ0n) is 19.4. The number of hydrogen-bond donors (Lipinski definition) is 4. The van der Waals surface area contributed by atoms with Crippen molar-refractivity contribution in [1.29, 1.82) is 0 Å². The smallest absolute Gasteiger partial charge is 0.249 e. The molecule has 10 nitrogen and oxygen atoms in total. The quantitative estimate of drug-likeness (QED) is 0.470. The highest BCUT2D eigenvalue weighted by Gasteiger charge is 2.27. The van der Waals surface area contributed by atoms with Crippen LogP contribution in [0.4, 0.5) is 11.4 Å². The van der Waals surface area contributed by atoms with Crippen LogP contribution in [0.3, 0.4) is 0 Å². The van der Waals surface area contributed by atoms with Gasteiger partial charge in [-0.3, -0.25) is 24.6 Å². The van der Waals surface area contributed by atoms with E-state index in [0.29, 0.717) is 37.2 Å². The number of amides is 3. The normalized spacial score (nSPS) is 25.9. The first-order valence-electron chi connectivity index (χ1n) is 11.5. The van der Waals surface area contributed by atoms with Crippen LogP contribution in [0.25, 0.3) is 0 Å². The minimum absolute atomic E-state index is 0.0613. The molecule has 0 radical (unpaired) electrons. The molecular weight excluding hydrogens is 426 g/mol. The molecule has 3 atom stereocenters. The summed E-state index contributed by atoms with van der Waals surface area (Å²) >= 11 is 0. The van der Waals surface area contributed by atoms with E-state index in [9.17, 15) is 14.4 Å². The van der Waals surface area contributed by atoms with Gasteiger partial charge in [0.1, 0.15) is 6.04 Å². The summed E-state index contributed by atoms with van der Waals surface area (Å²) in [5.41, 5.74) is 1.40. The number of piperidine rings is 1. The summed E-state index contributed by atoms with van der Waals surface area (Å²) in [6, 6.07) is 7.43. The van der Waals surface area contributed by atoms with Gasteiger partial charge in [-0.1, -0.05) is 6.07 Å². The van der Waals surface area contributed by atoms with Gasteiger partial charge >= 0.3 is 0 Å². The van der Waals surface area contributed by atoms with E-state index in [1.165, 1.54) is 0 Å². The number of piperazine rings is 1. The summed E-state index contributed by atoms with van der Waals surface area (Å²) in [4.78, 5) is 37.8. The van der Waals surface area contributed by atoms with Crippen LogP contribution in [0.15, 0.2) is 24.3 Å². The van der Waals surface area contributed by atoms with Gasteiger partial charge in [-0.25, -0.2) is 0 Å². The number of imide groups is 1. The molecule has 3 aliphatic rings. The summed E-state index contributed by atoms with van der Waals surface area (Å²) in [5.74, 6) is -0.619. The van der Waals surface area contributed by atoms with Crippen molar-refractivity contribution in [3.8, 4) is 0 Å². The Labute approximate surface area is 194 Å². The molecule has 4 N–H and O–H groups in total. The Kier molecular flexibility index (Phi) is 9.61. The molecule has 1 aromatic rings. The number of ether oxygens (including phenoxy) is 2. The molecule has 1 unspecified atom stereocenters. The third kappa shape index (κ3) is 8.08. The van der Waals surface area contributed by atoms with Crippen LogP contribution in [-0.2, 0) is 23.9 Å². The van der Waals surface area contributed by atoms with E-state index in [1.54, 1.807) is 6.07 Å². The molecule has 0 saturated carbocycles. The van der Waals surface area contributed by atoms with Gasteiger partial charge in [0.25, 0.3) is 0 Å². The van der Waals surface area contributed by atoms with Crippen LogP contribution in [-0.4, -0.2) is 86.8 Å². The number of carbonyl (C=O) groups is 3. The van der Waals surface area contributed by atoms with Crippen LogP contribution in [0.1, 0.15) is 26.7 Å². The first-order chi connectivity index (χ1) is 15.9. The third-order valence-electron chi connectivity index (χ3n) is 5.81. The maximum Gasteiger partial charge on any atom is 0.249 e. The van der Waals surface area contributed by atoms with Gasteiger partial charge in [0.15, 0.2) is 0 Å². The fourth-order valence-electron chi connectivity index (χ4n) is 4.01. The molecule has 0 aromatic heterocycles. The third-order valence-corrected chi connectivity index (χ3v) is 5.81. The SMILES string of the molecule is C1COCCO1.C[C@@H]1CNC[C@H](C)N1CC(=O)Nc1cccc(NC2CCC(=O)NC2=O)c1. The fourth-order valence-corrected chi connectivity index (χ4v) is 4.01. The van der Waals surface area contributed by atoms with E-state index in [-0.39, 0.29) is 17.7 Å². The average Bonchev–Trinajstić information content (AvgIpc) is 2.80. The van der Waals surface area contributed by atoms with Gasteiger partial charge in [0.05, 0.1) is 33.0 Å². The molecule has 3 fully saturated rings. The number of rotatable bonds is 5. The monoisotopic (exact) mass is 461 g/mol. The van der Waals surface area contributed by atoms with Gasteiger partial charge < -0.3 is 25.4 Å². The van der Waals surface area contributed by atoms with Crippen LogP contribution >= 0.6 is 0 Å². The maximum atomic E-state index is 12.5. The summed E-state index contributed by atoms with van der Waals surface area (Å²) in [6.07, 6.45) is 0.779. The first kappa shape index (κ1) is 25.1. The largest absolute Gasteiger partial charge is 0.377 e. The zero-order valence-corrected chi connectivity index (χ0v) is 19.4. The van der Waals surface area contributed by atoms with Crippen LogP contribution < -0.4 is 21.3 Å². The minimum atomic E-state index is -0.448. The standard InChI is InChI=1S/C19H27N5O3.C4H8O2/c1-12-9-20-10-13(2)24(12)11-18(26)22-15-5-3-4-14(8-15)21-16-6-7-17(25)23-19(16)27;1-2-6-4-3-5-1/h3-5,8,12-13,16,20-21H,6-7,9-11H2,1-2H3,(H,22,26)(H,23,25,27);1-4H2/t12-,13+,16?;. The predicted octanol–water partition coefficient (Wildman–Crippen LogP) is 0.558. The zero-order chi connectivity index (χ0) is 23.6. The molecule has 182 valence electrons. The molecule has 1 aromatic carbocycles. The number of hydrogen-bond acceptors (Lipinski definition) is 8. The summed E-state index contributed by atoms with van der Waals surface area (Å²) in [7, 11) is 0. The second-order valence-electron chi connectivity index (χ2n) is 8.53. The molecule has 33 heavy (non-hydrogen) atoms. The molecule has 3 aliphatic heterocycles. The second kappa shape index (κ2) is 12.6. The van der Waals surface area contributed by atoms with Crippen LogP contribution in [0.2, 0.25) is 0 Å². The molecule has 0 spiro atoms. The van der Waals surface area contributed by atoms with Crippen molar-refractivity contribution in [2.75, 3.05) is 56.7 Å². The maximum absolute atomic E-state index is 12.5. The van der Waals surface area contributed by atoms with Crippen molar-refractivity contribution in [2.24, 2.45) is 0 Å². The van der Waals surface area contributed by atoms with E-state index in [1.807, 2.05) is 18.2 Å². The molecular formula is C23H35N5O5. The number of nitrogens with one attached hydrogen (secondary N) is 4. The van der Waals surface area contributed by atoms with E-state index in [2.05, 4.69) is 40.0 Å². The minimum Gasteiger partial charge on any atom is -0.377 e. The Bertz CT molecular complexity index is 795.